The Bertz CT molecular complexity index is 554. The molecule has 0 spiro atoms. The maximum Gasteiger partial charge on any atom is 0.220 e. The summed E-state index contributed by atoms with van der Waals surface area (Å²) in [7, 11) is 0. The average molecular weight is 277 g/mol. The molecule has 2 heterocycles. The van der Waals surface area contributed by atoms with Crippen LogP contribution in [0.5, 0.6) is 0 Å². The molecule has 1 unspecified atom stereocenters. The van der Waals surface area contributed by atoms with Gasteiger partial charge < -0.3 is 19.3 Å². The van der Waals surface area contributed by atoms with Gasteiger partial charge in [-0.25, -0.2) is 0 Å². The molecule has 2 aromatic rings. The highest BCUT2D eigenvalue weighted by atomic mass is 16.4. The number of hydrogen-bond donors (Lipinski definition) is 2. The zero-order valence-corrected chi connectivity index (χ0v) is 11.7. The lowest BCUT2D eigenvalue weighted by Gasteiger charge is -2.21. The van der Waals surface area contributed by atoms with Crippen molar-refractivity contribution in [2.45, 2.75) is 32.3 Å². The quantitative estimate of drug-likeness (QED) is 0.848. The molecule has 0 aliphatic carbocycles. The van der Waals surface area contributed by atoms with Crippen LogP contribution in [0.4, 0.5) is 0 Å². The van der Waals surface area contributed by atoms with Gasteiger partial charge in [0, 0.05) is 12.8 Å². The van der Waals surface area contributed by atoms with Crippen LogP contribution in [0, 0.1) is 6.92 Å². The minimum absolute atomic E-state index is 0.108. The number of nitrogens with one attached hydrogen (secondary N) is 1. The number of hydrogen-bond acceptors (Lipinski definition) is 4. The predicted octanol–water partition coefficient (Wildman–Crippen LogP) is 2.14. The largest absolute Gasteiger partial charge is 0.469 e. The zero-order valence-electron chi connectivity index (χ0n) is 11.7. The van der Waals surface area contributed by atoms with E-state index in [1.165, 1.54) is 0 Å². The van der Waals surface area contributed by atoms with Crippen LogP contribution in [-0.4, -0.2) is 17.6 Å². The monoisotopic (exact) mass is 277 g/mol. The summed E-state index contributed by atoms with van der Waals surface area (Å²) in [6.07, 6.45) is 2.44. The van der Waals surface area contributed by atoms with E-state index in [9.17, 15) is 9.90 Å². The summed E-state index contributed by atoms with van der Waals surface area (Å²) >= 11 is 0. The molecular weight excluding hydrogens is 258 g/mol. The SMILES string of the molecule is Cc1ccc(C(C)(O)CNC(=O)CCc2ccco2)o1. The van der Waals surface area contributed by atoms with Crippen LogP contribution in [-0.2, 0) is 16.8 Å². The van der Waals surface area contributed by atoms with Crippen LogP contribution < -0.4 is 5.32 Å². The van der Waals surface area contributed by atoms with Crippen LogP contribution in [0.15, 0.2) is 39.4 Å². The van der Waals surface area contributed by atoms with Crippen LogP contribution in [0.2, 0.25) is 0 Å². The van der Waals surface area contributed by atoms with Gasteiger partial charge in [-0.15, -0.1) is 0 Å². The molecule has 1 amide bonds. The fraction of sp³-hybridized carbons (Fsp3) is 0.400. The Morgan fingerprint density at radius 3 is 2.80 bits per heavy atom. The normalized spacial score (nSPS) is 13.9. The molecular formula is C15H19NO4. The van der Waals surface area contributed by atoms with Crippen LogP contribution >= 0.6 is 0 Å². The summed E-state index contributed by atoms with van der Waals surface area (Å²) in [6, 6.07) is 7.11. The second-order valence-electron chi connectivity index (χ2n) is 5.04. The lowest BCUT2D eigenvalue weighted by molar-refractivity contribution is -0.122. The molecule has 0 saturated carbocycles. The summed E-state index contributed by atoms with van der Waals surface area (Å²) in [5, 5.41) is 13.0. The topological polar surface area (TPSA) is 75.6 Å². The van der Waals surface area contributed by atoms with Crippen molar-refractivity contribution in [1.82, 2.24) is 5.32 Å². The van der Waals surface area contributed by atoms with E-state index in [2.05, 4.69) is 5.32 Å². The first-order chi connectivity index (χ1) is 9.47. The van der Waals surface area contributed by atoms with Crippen molar-refractivity contribution in [2.24, 2.45) is 0 Å². The molecule has 108 valence electrons. The molecule has 0 aliphatic heterocycles. The highest BCUT2D eigenvalue weighted by Crippen LogP contribution is 2.21. The van der Waals surface area contributed by atoms with Gasteiger partial charge in [0.05, 0.1) is 12.8 Å². The minimum atomic E-state index is -1.21. The van der Waals surface area contributed by atoms with Gasteiger partial charge in [0.1, 0.15) is 22.9 Å². The van der Waals surface area contributed by atoms with Crippen molar-refractivity contribution in [3.8, 4) is 0 Å². The van der Waals surface area contributed by atoms with Crippen molar-refractivity contribution in [3.63, 3.8) is 0 Å². The molecule has 2 rings (SSSR count). The van der Waals surface area contributed by atoms with E-state index >= 15 is 0 Å². The molecule has 1 atom stereocenters. The molecule has 0 aromatic carbocycles. The first-order valence-corrected chi connectivity index (χ1v) is 6.56. The third-order valence-corrected chi connectivity index (χ3v) is 3.08. The van der Waals surface area contributed by atoms with Gasteiger partial charge in [-0.2, -0.15) is 0 Å². The average Bonchev–Trinajstić information content (AvgIpc) is 3.05. The molecule has 2 N–H and O–H groups in total. The summed E-state index contributed by atoms with van der Waals surface area (Å²) in [4.78, 5) is 11.7. The van der Waals surface area contributed by atoms with E-state index < -0.39 is 5.60 Å². The van der Waals surface area contributed by atoms with Crippen LogP contribution in [0.25, 0.3) is 0 Å². The number of furan rings is 2. The van der Waals surface area contributed by atoms with Crippen molar-refractivity contribution in [1.29, 1.82) is 0 Å². The summed E-state index contributed by atoms with van der Waals surface area (Å²) in [5.74, 6) is 1.81. The number of rotatable bonds is 6. The van der Waals surface area contributed by atoms with Crippen molar-refractivity contribution >= 4 is 5.91 Å². The number of carbonyl (C=O) groups excluding carboxylic acids is 1. The van der Waals surface area contributed by atoms with E-state index in [-0.39, 0.29) is 12.5 Å². The second kappa shape index (κ2) is 5.96. The molecule has 20 heavy (non-hydrogen) atoms. The maximum atomic E-state index is 11.7. The summed E-state index contributed by atoms with van der Waals surface area (Å²) in [5.41, 5.74) is -1.21. The van der Waals surface area contributed by atoms with Crippen molar-refractivity contribution in [2.75, 3.05) is 6.54 Å². The highest BCUT2D eigenvalue weighted by molar-refractivity contribution is 5.76. The lowest BCUT2D eigenvalue weighted by Crippen LogP contribution is -2.38. The Morgan fingerprint density at radius 1 is 1.40 bits per heavy atom. The fourth-order valence-electron chi connectivity index (χ4n) is 1.86. The maximum absolute atomic E-state index is 11.7. The van der Waals surface area contributed by atoms with E-state index in [1.807, 2.05) is 13.0 Å². The van der Waals surface area contributed by atoms with Gasteiger partial charge >= 0.3 is 0 Å². The molecule has 2 aromatic heterocycles. The van der Waals surface area contributed by atoms with Gasteiger partial charge in [-0.3, -0.25) is 4.79 Å². The Hall–Kier alpha value is -2.01. The Balaban J connectivity index is 1.80. The summed E-state index contributed by atoms with van der Waals surface area (Å²) < 4.78 is 10.5. The van der Waals surface area contributed by atoms with Crippen LogP contribution in [0.3, 0.4) is 0 Å². The zero-order chi connectivity index (χ0) is 14.6. The molecule has 0 saturated heterocycles. The number of carbonyl (C=O) groups is 1. The van der Waals surface area contributed by atoms with Gasteiger partial charge in [-0.05, 0) is 38.1 Å². The minimum Gasteiger partial charge on any atom is -0.469 e. The Morgan fingerprint density at radius 2 is 2.20 bits per heavy atom. The van der Waals surface area contributed by atoms with Gasteiger partial charge in [-0.1, -0.05) is 0 Å². The van der Waals surface area contributed by atoms with E-state index in [0.29, 0.717) is 18.6 Å². The predicted molar refractivity (Wildman–Crippen MR) is 73.1 cm³/mol. The lowest BCUT2D eigenvalue weighted by atomic mass is 10.0. The van der Waals surface area contributed by atoms with Gasteiger partial charge in [0.25, 0.3) is 0 Å². The standard InChI is InChI=1S/C15H19NO4/c1-11-5-7-13(20-11)15(2,18)10-16-14(17)8-6-12-4-3-9-19-12/h3-5,7,9,18H,6,8,10H2,1-2H3,(H,16,17). The third kappa shape index (κ3) is 3.74. The molecule has 0 bridgehead atoms. The van der Waals surface area contributed by atoms with Crippen molar-refractivity contribution < 1.29 is 18.7 Å². The number of amides is 1. The Kier molecular flexibility index (Phi) is 4.29. The third-order valence-electron chi connectivity index (χ3n) is 3.08. The summed E-state index contributed by atoms with van der Waals surface area (Å²) in [6.45, 7) is 3.52. The molecule has 0 fully saturated rings. The van der Waals surface area contributed by atoms with E-state index in [0.717, 1.165) is 11.5 Å². The molecule has 0 radical (unpaired) electrons. The number of aryl methyl sites for hydroxylation is 2. The molecule has 5 heteroatoms. The van der Waals surface area contributed by atoms with E-state index in [4.69, 9.17) is 8.83 Å². The molecule has 5 nitrogen and oxygen atoms in total. The van der Waals surface area contributed by atoms with Gasteiger partial charge in [0.2, 0.25) is 5.91 Å². The first kappa shape index (κ1) is 14.4. The first-order valence-electron chi connectivity index (χ1n) is 6.56. The highest BCUT2D eigenvalue weighted by Gasteiger charge is 2.27. The van der Waals surface area contributed by atoms with Crippen LogP contribution in [0.1, 0.15) is 30.6 Å². The number of aliphatic hydroxyl groups is 1. The van der Waals surface area contributed by atoms with E-state index in [1.54, 1.807) is 31.4 Å². The smallest absolute Gasteiger partial charge is 0.220 e. The Labute approximate surface area is 117 Å². The molecule has 0 aliphatic rings. The van der Waals surface area contributed by atoms with Crippen molar-refractivity contribution in [3.05, 3.63) is 47.8 Å². The van der Waals surface area contributed by atoms with Gasteiger partial charge in [0.15, 0.2) is 0 Å². The fourth-order valence-corrected chi connectivity index (χ4v) is 1.86. The second-order valence-corrected chi connectivity index (χ2v) is 5.04.